The van der Waals surface area contributed by atoms with Crippen molar-refractivity contribution >= 4 is 11.9 Å². The molecule has 0 spiro atoms. The number of nitrogens with one attached hydrogen (secondary N) is 1. The Labute approximate surface area is 127 Å². The number of carboxylic acid groups (broad SMARTS) is 2. The van der Waals surface area contributed by atoms with Gasteiger partial charge in [-0.3, -0.25) is 0 Å². The zero-order chi connectivity index (χ0) is 16.4. The summed E-state index contributed by atoms with van der Waals surface area (Å²) in [6.07, 6.45) is 0. The molecule has 0 fully saturated rings. The maximum Gasteiger partial charge on any atom is 0.334 e. The molecule has 22 heavy (non-hydrogen) atoms. The Morgan fingerprint density at radius 1 is 1.05 bits per heavy atom. The van der Waals surface area contributed by atoms with E-state index in [4.69, 9.17) is 4.74 Å². The largest absolute Gasteiger partial charge is 0.496 e. The summed E-state index contributed by atoms with van der Waals surface area (Å²) in [5.41, 5.74) is 1.37. The third kappa shape index (κ3) is 2.55. The molecular formula is C16H17NO5. The average molecular weight is 303 g/mol. The van der Waals surface area contributed by atoms with Crippen molar-refractivity contribution in [3.8, 4) is 5.75 Å². The van der Waals surface area contributed by atoms with Gasteiger partial charge in [0.1, 0.15) is 5.75 Å². The first-order valence-electron chi connectivity index (χ1n) is 6.66. The number of hydrogen-bond donors (Lipinski definition) is 3. The molecular weight excluding hydrogens is 286 g/mol. The Kier molecular flexibility index (Phi) is 4.21. The van der Waals surface area contributed by atoms with Gasteiger partial charge in [0.05, 0.1) is 24.2 Å². The maximum atomic E-state index is 11.7. The molecule has 0 aliphatic carbocycles. The number of benzene rings is 1. The normalized spacial score (nSPS) is 15.6. The van der Waals surface area contributed by atoms with Crippen LogP contribution in [0.4, 0.5) is 0 Å². The van der Waals surface area contributed by atoms with Gasteiger partial charge in [-0.25, -0.2) is 9.59 Å². The number of para-hydroxylation sites is 1. The highest BCUT2D eigenvalue weighted by Crippen LogP contribution is 2.41. The number of allylic oxidation sites excluding steroid dienone is 2. The van der Waals surface area contributed by atoms with Crippen molar-refractivity contribution in [1.82, 2.24) is 5.32 Å². The van der Waals surface area contributed by atoms with Crippen LogP contribution in [0, 0.1) is 0 Å². The zero-order valence-electron chi connectivity index (χ0n) is 12.5. The Hall–Kier alpha value is -2.76. The molecule has 1 heterocycles. The van der Waals surface area contributed by atoms with Crippen molar-refractivity contribution in [1.29, 1.82) is 0 Å². The molecule has 0 amide bonds. The summed E-state index contributed by atoms with van der Waals surface area (Å²) >= 11 is 0. The van der Waals surface area contributed by atoms with Gasteiger partial charge in [0.15, 0.2) is 0 Å². The highest BCUT2D eigenvalue weighted by Gasteiger charge is 2.37. The second-order valence-corrected chi connectivity index (χ2v) is 4.99. The topological polar surface area (TPSA) is 95.9 Å². The molecule has 0 bridgehead atoms. The van der Waals surface area contributed by atoms with Crippen LogP contribution in [0.1, 0.15) is 25.3 Å². The smallest absolute Gasteiger partial charge is 0.334 e. The molecule has 0 aromatic heterocycles. The second-order valence-electron chi connectivity index (χ2n) is 4.99. The van der Waals surface area contributed by atoms with E-state index < -0.39 is 17.9 Å². The van der Waals surface area contributed by atoms with Gasteiger partial charge >= 0.3 is 11.9 Å². The number of dihydropyridines is 1. The van der Waals surface area contributed by atoms with E-state index in [0.717, 1.165) is 0 Å². The molecule has 6 nitrogen and oxygen atoms in total. The summed E-state index contributed by atoms with van der Waals surface area (Å²) in [4.78, 5) is 23.3. The fourth-order valence-electron chi connectivity index (χ4n) is 2.78. The van der Waals surface area contributed by atoms with Crippen LogP contribution in [0.5, 0.6) is 5.75 Å². The lowest BCUT2D eigenvalue weighted by molar-refractivity contribution is -0.133. The van der Waals surface area contributed by atoms with Gasteiger partial charge in [0.2, 0.25) is 0 Å². The third-order valence-electron chi connectivity index (χ3n) is 3.67. The van der Waals surface area contributed by atoms with E-state index in [0.29, 0.717) is 22.7 Å². The van der Waals surface area contributed by atoms with Crippen molar-refractivity contribution in [2.24, 2.45) is 0 Å². The molecule has 3 N–H and O–H groups in total. The minimum atomic E-state index is -1.16. The molecule has 0 unspecified atom stereocenters. The van der Waals surface area contributed by atoms with Crippen LogP contribution in [0.2, 0.25) is 0 Å². The minimum Gasteiger partial charge on any atom is -0.496 e. The minimum absolute atomic E-state index is 0.00694. The van der Waals surface area contributed by atoms with Gasteiger partial charge in [0, 0.05) is 17.0 Å². The fourth-order valence-corrected chi connectivity index (χ4v) is 2.78. The van der Waals surface area contributed by atoms with E-state index in [9.17, 15) is 19.8 Å². The Balaban J connectivity index is 2.75. The maximum absolute atomic E-state index is 11.7. The summed E-state index contributed by atoms with van der Waals surface area (Å²) in [5, 5.41) is 21.9. The highest BCUT2D eigenvalue weighted by molar-refractivity contribution is 5.98. The Bertz CT molecular complexity index is 666. The van der Waals surface area contributed by atoms with Gasteiger partial charge < -0.3 is 20.3 Å². The molecule has 0 radical (unpaired) electrons. The fraction of sp³-hybridized carbons (Fsp3) is 0.250. The summed E-state index contributed by atoms with van der Waals surface area (Å²) in [6.45, 7) is 3.24. The molecule has 6 heteroatoms. The van der Waals surface area contributed by atoms with E-state index in [-0.39, 0.29) is 11.1 Å². The van der Waals surface area contributed by atoms with E-state index in [1.807, 2.05) is 0 Å². The van der Waals surface area contributed by atoms with Crippen LogP contribution in [0.3, 0.4) is 0 Å². The standard InChI is InChI=1S/C16H17NO5/c1-8-12(15(18)19)14(13(16(20)21)9(2)17-8)10-6-4-5-7-11(10)22-3/h4-7,14,17H,1-3H3,(H,18,19)(H,20,21). The van der Waals surface area contributed by atoms with Crippen LogP contribution in [-0.4, -0.2) is 29.3 Å². The van der Waals surface area contributed by atoms with Crippen molar-refractivity contribution in [2.45, 2.75) is 19.8 Å². The van der Waals surface area contributed by atoms with Crippen LogP contribution in [-0.2, 0) is 9.59 Å². The molecule has 1 aliphatic rings. The lowest BCUT2D eigenvalue weighted by atomic mass is 9.80. The second kappa shape index (κ2) is 5.93. The highest BCUT2D eigenvalue weighted by atomic mass is 16.5. The third-order valence-corrected chi connectivity index (χ3v) is 3.67. The molecule has 0 atom stereocenters. The number of carbonyl (C=O) groups is 2. The van der Waals surface area contributed by atoms with Crippen molar-refractivity contribution in [2.75, 3.05) is 7.11 Å². The lowest BCUT2D eigenvalue weighted by Crippen LogP contribution is -2.31. The quantitative estimate of drug-likeness (QED) is 0.788. The van der Waals surface area contributed by atoms with Crippen LogP contribution >= 0.6 is 0 Å². The predicted molar refractivity (Wildman–Crippen MR) is 79.5 cm³/mol. The van der Waals surface area contributed by atoms with Gasteiger partial charge in [-0.1, -0.05) is 18.2 Å². The first kappa shape index (κ1) is 15.6. The first-order chi connectivity index (χ1) is 10.4. The van der Waals surface area contributed by atoms with Gasteiger partial charge in [-0.2, -0.15) is 0 Å². The Morgan fingerprint density at radius 3 is 2.00 bits per heavy atom. The molecule has 1 aromatic rings. The molecule has 2 rings (SSSR count). The van der Waals surface area contributed by atoms with E-state index in [1.54, 1.807) is 38.1 Å². The molecule has 0 saturated heterocycles. The van der Waals surface area contributed by atoms with Crippen LogP contribution < -0.4 is 10.1 Å². The van der Waals surface area contributed by atoms with Crippen molar-refractivity contribution < 1.29 is 24.5 Å². The van der Waals surface area contributed by atoms with Crippen molar-refractivity contribution in [3.63, 3.8) is 0 Å². The number of hydrogen-bond acceptors (Lipinski definition) is 4. The van der Waals surface area contributed by atoms with Crippen molar-refractivity contribution in [3.05, 3.63) is 52.4 Å². The molecule has 0 saturated carbocycles. The number of rotatable bonds is 4. The SMILES string of the molecule is COc1ccccc1C1C(C(=O)O)=C(C)NC(C)=C1C(=O)O. The molecule has 1 aromatic carbocycles. The van der Waals surface area contributed by atoms with Crippen LogP contribution in [0.15, 0.2) is 46.8 Å². The first-order valence-corrected chi connectivity index (χ1v) is 6.66. The number of carboxylic acids is 2. The van der Waals surface area contributed by atoms with Gasteiger partial charge in [0.25, 0.3) is 0 Å². The van der Waals surface area contributed by atoms with Gasteiger partial charge in [-0.05, 0) is 19.9 Å². The summed E-state index contributed by atoms with van der Waals surface area (Å²) < 4.78 is 5.27. The Morgan fingerprint density at radius 2 is 1.55 bits per heavy atom. The van der Waals surface area contributed by atoms with Gasteiger partial charge in [-0.15, -0.1) is 0 Å². The summed E-state index contributed by atoms with van der Waals surface area (Å²) in [6, 6.07) is 6.84. The molecule has 116 valence electrons. The van der Waals surface area contributed by atoms with E-state index >= 15 is 0 Å². The summed E-state index contributed by atoms with van der Waals surface area (Å²) in [5.74, 6) is -2.76. The number of ether oxygens (including phenoxy) is 1. The predicted octanol–water partition coefficient (Wildman–Crippen LogP) is 2.10. The van der Waals surface area contributed by atoms with E-state index in [2.05, 4.69) is 5.32 Å². The molecule has 1 aliphatic heterocycles. The van der Waals surface area contributed by atoms with Crippen LogP contribution in [0.25, 0.3) is 0 Å². The monoisotopic (exact) mass is 303 g/mol. The average Bonchev–Trinajstić information content (AvgIpc) is 2.45. The number of methoxy groups -OCH3 is 1. The zero-order valence-corrected chi connectivity index (χ0v) is 12.5. The lowest BCUT2D eigenvalue weighted by Gasteiger charge is -2.29. The van der Waals surface area contributed by atoms with E-state index in [1.165, 1.54) is 7.11 Å². The number of aliphatic carboxylic acids is 2. The summed E-state index contributed by atoms with van der Waals surface area (Å²) in [7, 11) is 1.47.